The van der Waals surface area contributed by atoms with Crippen molar-refractivity contribution in [1.29, 1.82) is 5.26 Å². The number of hydrogen-bond donors (Lipinski definition) is 1. The minimum atomic E-state index is -5.21. The Morgan fingerprint density at radius 3 is 2.54 bits per heavy atom. The lowest BCUT2D eigenvalue weighted by Crippen LogP contribution is -2.69. The van der Waals surface area contributed by atoms with E-state index >= 15 is 0 Å². The Labute approximate surface area is 148 Å². The average Bonchev–Trinajstić information content (AvgIpc) is 2.51. The van der Waals surface area contributed by atoms with Gasteiger partial charge in [-0.25, -0.2) is 13.2 Å². The Morgan fingerprint density at radius 2 is 2.08 bits per heavy atom. The fraction of sp³-hybridized carbons (Fsp3) is 0.533. The van der Waals surface area contributed by atoms with Gasteiger partial charge in [-0.15, -0.1) is 0 Å². The highest BCUT2D eigenvalue weighted by molar-refractivity contribution is 7.89. The molecule has 11 heteroatoms. The molecular weight excluding hydrogens is 375 g/mol. The number of nitrogens with zero attached hydrogens (tertiary/aromatic N) is 2. The van der Waals surface area contributed by atoms with Gasteiger partial charge in [0.2, 0.25) is 15.6 Å². The second-order valence-electron chi connectivity index (χ2n) is 5.78. The highest BCUT2D eigenvalue weighted by Crippen LogP contribution is 2.47. The maximum Gasteiger partial charge on any atom is 0.418 e. The highest BCUT2D eigenvalue weighted by Gasteiger charge is 2.68. The first-order chi connectivity index (χ1) is 12.1. The zero-order valence-electron chi connectivity index (χ0n) is 13.7. The first-order valence-corrected chi connectivity index (χ1v) is 9.20. The number of pyridine rings is 1. The molecule has 1 aliphatic rings. The molecule has 26 heavy (non-hydrogen) atoms. The molecule has 1 fully saturated rings. The molecule has 1 unspecified atom stereocenters. The van der Waals surface area contributed by atoms with Crippen LogP contribution in [0.1, 0.15) is 31.7 Å². The summed E-state index contributed by atoms with van der Waals surface area (Å²) >= 11 is 0. The van der Waals surface area contributed by atoms with Crippen molar-refractivity contribution in [2.24, 2.45) is 5.92 Å². The molecule has 7 nitrogen and oxygen atoms in total. The molecule has 1 heterocycles. The van der Waals surface area contributed by atoms with Crippen molar-refractivity contribution in [3.05, 3.63) is 24.0 Å². The SMILES string of the molecule is CCOC(=O)C(NS(=O)(=O)c1cncc(C#N)c1)(C1CCC1)C(F)(F)F. The maximum absolute atomic E-state index is 13.9. The molecule has 0 radical (unpaired) electrons. The standard InChI is InChI=1S/C15H16F3N3O4S/c1-2-25-13(22)14(15(16,17)18,11-4-3-5-11)21-26(23,24)12-6-10(7-19)8-20-9-12/h6,8-9,11,21H,2-5H2,1H3. The molecule has 2 rings (SSSR count). The van der Waals surface area contributed by atoms with Crippen LogP contribution in [0.2, 0.25) is 0 Å². The minimum Gasteiger partial charge on any atom is -0.464 e. The van der Waals surface area contributed by atoms with E-state index in [-0.39, 0.29) is 25.0 Å². The molecule has 1 aromatic heterocycles. The number of rotatable bonds is 6. The van der Waals surface area contributed by atoms with Crippen molar-refractivity contribution in [3.63, 3.8) is 0 Å². The number of sulfonamides is 1. The molecule has 0 saturated heterocycles. The molecule has 1 atom stereocenters. The van der Waals surface area contributed by atoms with E-state index in [1.54, 1.807) is 6.07 Å². The fourth-order valence-corrected chi connectivity index (χ4v) is 4.07. The topological polar surface area (TPSA) is 109 Å². The van der Waals surface area contributed by atoms with Gasteiger partial charge in [-0.1, -0.05) is 6.42 Å². The summed E-state index contributed by atoms with van der Waals surface area (Å²) in [5.41, 5.74) is -3.53. The second kappa shape index (κ2) is 7.20. The molecule has 1 N–H and O–H groups in total. The molecule has 142 valence electrons. The zero-order chi connectivity index (χ0) is 19.6. The molecule has 1 aliphatic carbocycles. The summed E-state index contributed by atoms with van der Waals surface area (Å²) < 4.78 is 72.9. The molecule has 0 aromatic carbocycles. The normalized spacial score (nSPS) is 17.7. The van der Waals surface area contributed by atoms with Crippen LogP contribution in [0.15, 0.2) is 23.4 Å². The van der Waals surface area contributed by atoms with Crippen LogP contribution in [-0.4, -0.2) is 37.7 Å². The number of carbonyl (C=O) groups is 1. The van der Waals surface area contributed by atoms with Gasteiger partial charge in [-0.3, -0.25) is 4.98 Å². The first-order valence-electron chi connectivity index (χ1n) is 7.71. The Kier molecular flexibility index (Phi) is 5.58. The molecule has 0 aliphatic heterocycles. The largest absolute Gasteiger partial charge is 0.464 e. The lowest BCUT2D eigenvalue weighted by atomic mass is 9.70. The van der Waals surface area contributed by atoms with Crippen molar-refractivity contribution in [2.45, 2.75) is 42.8 Å². The van der Waals surface area contributed by atoms with Gasteiger partial charge in [-0.05, 0) is 31.7 Å². The summed E-state index contributed by atoms with van der Waals surface area (Å²) in [7, 11) is -4.80. The van der Waals surface area contributed by atoms with Gasteiger partial charge >= 0.3 is 12.1 Å². The van der Waals surface area contributed by atoms with Crippen molar-refractivity contribution in [2.75, 3.05) is 6.61 Å². The van der Waals surface area contributed by atoms with E-state index in [2.05, 4.69) is 9.72 Å². The van der Waals surface area contributed by atoms with Gasteiger partial charge in [0.15, 0.2) is 0 Å². The Balaban J connectivity index is 2.55. The predicted octanol–water partition coefficient (Wildman–Crippen LogP) is 1.90. The van der Waals surface area contributed by atoms with E-state index in [1.807, 2.05) is 0 Å². The van der Waals surface area contributed by atoms with Crippen molar-refractivity contribution < 1.29 is 31.1 Å². The van der Waals surface area contributed by atoms with Gasteiger partial charge < -0.3 is 4.74 Å². The Hall–Kier alpha value is -2.19. The number of halogens is 3. The van der Waals surface area contributed by atoms with Gasteiger partial charge in [0, 0.05) is 12.4 Å². The molecule has 1 aromatic rings. The number of nitriles is 1. The van der Waals surface area contributed by atoms with Crippen LogP contribution in [-0.2, 0) is 19.6 Å². The number of aromatic nitrogens is 1. The smallest absolute Gasteiger partial charge is 0.418 e. The van der Waals surface area contributed by atoms with Crippen LogP contribution in [0.5, 0.6) is 0 Å². The molecule has 1 saturated carbocycles. The third-order valence-corrected chi connectivity index (χ3v) is 5.64. The van der Waals surface area contributed by atoms with E-state index in [1.165, 1.54) is 11.6 Å². The molecule has 0 amide bonds. The zero-order valence-corrected chi connectivity index (χ0v) is 14.5. The quantitative estimate of drug-likeness (QED) is 0.742. The van der Waals surface area contributed by atoms with E-state index in [4.69, 9.17) is 5.26 Å². The lowest BCUT2D eigenvalue weighted by Gasteiger charge is -2.43. The number of nitrogens with one attached hydrogen (secondary N) is 1. The summed E-state index contributed by atoms with van der Waals surface area (Å²) in [6, 6.07) is 2.53. The third kappa shape index (κ3) is 3.52. The number of esters is 1. The lowest BCUT2D eigenvalue weighted by molar-refractivity contribution is -0.226. The number of hydrogen-bond acceptors (Lipinski definition) is 6. The van der Waals surface area contributed by atoms with E-state index in [9.17, 15) is 26.4 Å². The van der Waals surface area contributed by atoms with Crippen LogP contribution >= 0.6 is 0 Å². The first kappa shape index (κ1) is 20.1. The van der Waals surface area contributed by atoms with Gasteiger partial charge in [0.05, 0.1) is 12.2 Å². The van der Waals surface area contributed by atoms with Crippen molar-refractivity contribution >= 4 is 16.0 Å². The van der Waals surface area contributed by atoms with Crippen LogP contribution < -0.4 is 4.72 Å². The summed E-state index contributed by atoms with van der Waals surface area (Å²) in [5.74, 6) is -2.96. The monoisotopic (exact) mass is 391 g/mol. The highest BCUT2D eigenvalue weighted by atomic mass is 32.2. The van der Waals surface area contributed by atoms with Crippen LogP contribution in [0.4, 0.5) is 13.2 Å². The third-order valence-electron chi connectivity index (χ3n) is 4.21. The Morgan fingerprint density at radius 1 is 1.42 bits per heavy atom. The summed E-state index contributed by atoms with van der Waals surface area (Å²) in [6.07, 6.45) is -2.86. The molecular formula is C15H16F3N3O4S. The summed E-state index contributed by atoms with van der Waals surface area (Å²) in [4.78, 5) is 15.1. The summed E-state index contributed by atoms with van der Waals surface area (Å²) in [5, 5.41) is 8.82. The minimum absolute atomic E-state index is 0.0251. The second-order valence-corrected chi connectivity index (χ2v) is 7.46. The van der Waals surface area contributed by atoms with Gasteiger partial charge in [0.1, 0.15) is 11.0 Å². The number of carbonyl (C=O) groups excluding carboxylic acids is 1. The van der Waals surface area contributed by atoms with Crippen molar-refractivity contribution in [1.82, 2.24) is 9.71 Å². The van der Waals surface area contributed by atoms with Crippen LogP contribution in [0.25, 0.3) is 0 Å². The average molecular weight is 391 g/mol. The predicted molar refractivity (Wildman–Crippen MR) is 82.0 cm³/mol. The molecule has 0 bridgehead atoms. The van der Waals surface area contributed by atoms with Gasteiger partial charge in [-0.2, -0.15) is 23.2 Å². The van der Waals surface area contributed by atoms with Crippen molar-refractivity contribution in [3.8, 4) is 6.07 Å². The Bertz CT molecular complexity index is 831. The maximum atomic E-state index is 13.9. The van der Waals surface area contributed by atoms with E-state index in [0.29, 0.717) is 6.42 Å². The fourth-order valence-electron chi connectivity index (χ4n) is 2.68. The van der Waals surface area contributed by atoms with E-state index < -0.39 is 38.5 Å². The van der Waals surface area contributed by atoms with Crippen LogP contribution in [0, 0.1) is 17.2 Å². The van der Waals surface area contributed by atoms with E-state index in [0.717, 1.165) is 18.5 Å². The number of alkyl halides is 3. The van der Waals surface area contributed by atoms with Gasteiger partial charge in [0.25, 0.3) is 0 Å². The summed E-state index contributed by atoms with van der Waals surface area (Å²) in [6.45, 7) is 0.991. The molecule has 0 spiro atoms. The van der Waals surface area contributed by atoms with Crippen LogP contribution in [0.3, 0.4) is 0 Å². The number of ether oxygens (including phenoxy) is 1.